The SMILES string of the molecule is CC1=C(c2ccccc2)N=C(c2ccccc2)C(C)S1. The van der Waals surface area contributed by atoms with E-state index in [4.69, 9.17) is 4.99 Å². The molecule has 0 saturated carbocycles. The molecule has 0 amide bonds. The van der Waals surface area contributed by atoms with E-state index in [9.17, 15) is 0 Å². The van der Waals surface area contributed by atoms with Gasteiger partial charge in [0.15, 0.2) is 0 Å². The highest BCUT2D eigenvalue weighted by atomic mass is 32.2. The number of rotatable bonds is 2. The number of aliphatic imine (C=N–C) groups is 1. The Labute approximate surface area is 124 Å². The van der Waals surface area contributed by atoms with E-state index < -0.39 is 0 Å². The highest BCUT2D eigenvalue weighted by Gasteiger charge is 2.21. The minimum absolute atomic E-state index is 0.393. The first-order chi connectivity index (χ1) is 9.75. The third-order valence-corrected chi connectivity index (χ3v) is 4.54. The van der Waals surface area contributed by atoms with Crippen molar-refractivity contribution in [3.63, 3.8) is 0 Å². The maximum Gasteiger partial charge on any atom is 0.0798 e. The summed E-state index contributed by atoms with van der Waals surface area (Å²) in [5.41, 5.74) is 4.68. The summed E-state index contributed by atoms with van der Waals surface area (Å²) in [6, 6.07) is 20.9. The Hall–Kier alpha value is -1.80. The molecule has 0 N–H and O–H groups in total. The van der Waals surface area contributed by atoms with Gasteiger partial charge in [-0.25, -0.2) is 0 Å². The van der Waals surface area contributed by atoms with Gasteiger partial charge in [0.05, 0.1) is 11.4 Å². The van der Waals surface area contributed by atoms with Gasteiger partial charge >= 0.3 is 0 Å². The van der Waals surface area contributed by atoms with Crippen molar-refractivity contribution >= 4 is 23.2 Å². The summed E-state index contributed by atoms with van der Waals surface area (Å²) in [6.07, 6.45) is 0. The Morgan fingerprint density at radius 3 is 2.00 bits per heavy atom. The van der Waals surface area contributed by atoms with Crippen LogP contribution in [-0.4, -0.2) is 11.0 Å². The minimum Gasteiger partial charge on any atom is -0.250 e. The van der Waals surface area contributed by atoms with Crippen molar-refractivity contribution in [1.82, 2.24) is 0 Å². The van der Waals surface area contributed by atoms with E-state index in [1.165, 1.54) is 21.7 Å². The zero-order chi connectivity index (χ0) is 13.9. The number of hydrogen-bond donors (Lipinski definition) is 0. The van der Waals surface area contributed by atoms with Gasteiger partial charge in [0.2, 0.25) is 0 Å². The molecule has 2 heteroatoms. The molecule has 1 atom stereocenters. The molecule has 0 spiro atoms. The van der Waals surface area contributed by atoms with Gasteiger partial charge in [-0.1, -0.05) is 60.7 Å². The van der Waals surface area contributed by atoms with Crippen LogP contribution in [0.15, 0.2) is 70.6 Å². The molecule has 0 fully saturated rings. The average Bonchev–Trinajstić information content (AvgIpc) is 2.49. The van der Waals surface area contributed by atoms with Crippen molar-refractivity contribution in [3.05, 3.63) is 76.7 Å². The number of nitrogens with zero attached hydrogens (tertiary/aromatic N) is 1. The second kappa shape index (κ2) is 5.68. The van der Waals surface area contributed by atoms with Crippen LogP contribution in [0.5, 0.6) is 0 Å². The fourth-order valence-corrected chi connectivity index (χ4v) is 3.54. The second-order valence-corrected chi connectivity index (χ2v) is 6.45. The van der Waals surface area contributed by atoms with Crippen LogP contribution in [0.1, 0.15) is 25.0 Å². The molecule has 0 aromatic heterocycles. The van der Waals surface area contributed by atoms with E-state index in [0.717, 1.165) is 5.70 Å². The number of hydrogen-bond acceptors (Lipinski definition) is 2. The Bertz CT molecular complexity index is 656. The molecule has 2 aromatic carbocycles. The number of thioether (sulfide) groups is 1. The first-order valence-corrected chi connectivity index (χ1v) is 7.70. The molecule has 1 unspecified atom stereocenters. The Morgan fingerprint density at radius 2 is 1.40 bits per heavy atom. The lowest BCUT2D eigenvalue weighted by atomic mass is 10.1. The minimum atomic E-state index is 0.393. The second-order valence-electron chi connectivity index (χ2n) is 4.89. The van der Waals surface area contributed by atoms with Gasteiger partial charge in [-0.05, 0) is 19.4 Å². The lowest BCUT2D eigenvalue weighted by Crippen LogP contribution is -2.18. The number of benzene rings is 2. The van der Waals surface area contributed by atoms with Gasteiger partial charge in [0.25, 0.3) is 0 Å². The number of allylic oxidation sites excluding steroid dienone is 1. The van der Waals surface area contributed by atoms with Gasteiger partial charge in [-0.15, -0.1) is 11.8 Å². The molecule has 0 bridgehead atoms. The third-order valence-electron chi connectivity index (χ3n) is 3.42. The van der Waals surface area contributed by atoms with Crippen molar-refractivity contribution in [2.45, 2.75) is 19.1 Å². The van der Waals surface area contributed by atoms with Crippen molar-refractivity contribution in [2.24, 2.45) is 4.99 Å². The van der Waals surface area contributed by atoms with Crippen molar-refractivity contribution < 1.29 is 0 Å². The third kappa shape index (κ3) is 2.56. The Morgan fingerprint density at radius 1 is 0.850 bits per heavy atom. The van der Waals surface area contributed by atoms with Crippen molar-refractivity contribution in [2.75, 3.05) is 0 Å². The smallest absolute Gasteiger partial charge is 0.0798 e. The predicted molar refractivity (Wildman–Crippen MR) is 89.1 cm³/mol. The molecule has 3 rings (SSSR count). The highest BCUT2D eigenvalue weighted by Crippen LogP contribution is 2.37. The molecule has 1 aliphatic heterocycles. The van der Waals surface area contributed by atoms with Crippen LogP contribution in [0.25, 0.3) is 5.70 Å². The predicted octanol–water partition coefficient (Wildman–Crippen LogP) is 5.00. The summed E-state index contributed by atoms with van der Waals surface area (Å²) < 4.78 is 0. The van der Waals surface area contributed by atoms with Gasteiger partial charge in [0, 0.05) is 15.7 Å². The van der Waals surface area contributed by atoms with E-state index >= 15 is 0 Å². The molecule has 2 aromatic rings. The largest absolute Gasteiger partial charge is 0.250 e. The van der Waals surface area contributed by atoms with Gasteiger partial charge in [0.1, 0.15) is 0 Å². The molecule has 100 valence electrons. The summed E-state index contributed by atoms with van der Waals surface area (Å²) >= 11 is 1.90. The highest BCUT2D eigenvalue weighted by molar-refractivity contribution is 8.04. The van der Waals surface area contributed by atoms with Gasteiger partial charge in [-0.3, -0.25) is 4.99 Å². The lowest BCUT2D eigenvalue weighted by molar-refractivity contribution is 1.26. The van der Waals surface area contributed by atoms with E-state index in [1.807, 2.05) is 23.9 Å². The molecule has 1 nitrogen and oxygen atoms in total. The van der Waals surface area contributed by atoms with Gasteiger partial charge in [-0.2, -0.15) is 0 Å². The molecular weight excluding hydrogens is 262 g/mol. The standard InChI is InChI=1S/C18H17NS/c1-13-17(15-9-5-3-6-10-15)19-18(14(2)20-13)16-11-7-4-8-12-16/h3-13H,1-2H3. The zero-order valence-electron chi connectivity index (χ0n) is 11.7. The zero-order valence-corrected chi connectivity index (χ0v) is 12.5. The Balaban J connectivity index is 2.07. The molecule has 1 heterocycles. The maximum atomic E-state index is 4.96. The van der Waals surface area contributed by atoms with Crippen LogP contribution in [-0.2, 0) is 0 Å². The van der Waals surface area contributed by atoms with Crippen LogP contribution in [0.3, 0.4) is 0 Å². The fourth-order valence-electron chi connectivity index (χ4n) is 2.44. The normalized spacial score (nSPS) is 18.9. The topological polar surface area (TPSA) is 12.4 Å². The lowest BCUT2D eigenvalue weighted by Gasteiger charge is -2.22. The molecule has 0 saturated heterocycles. The summed E-state index contributed by atoms with van der Waals surface area (Å²) in [6.45, 7) is 4.39. The van der Waals surface area contributed by atoms with Crippen molar-refractivity contribution in [1.29, 1.82) is 0 Å². The van der Waals surface area contributed by atoms with Crippen LogP contribution in [0, 0.1) is 0 Å². The van der Waals surface area contributed by atoms with E-state index in [-0.39, 0.29) is 0 Å². The molecule has 0 aliphatic carbocycles. The molecule has 0 radical (unpaired) electrons. The van der Waals surface area contributed by atoms with Gasteiger partial charge < -0.3 is 0 Å². The van der Waals surface area contributed by atoms with E-state index in [0.29, 0.717) is 5.25 Å². The summed E-state index contributed by atoms with van der Waals surface area (Å²) in [5.74, 6) is 0. The monoisotopic (exact) mass is 279 g/mol. The molecule has 1 aliphatic rings. The first kappa shape index (κ1) is 13.2. The van der Waals surface area contributed by atoms with Crippen molar-refractivity contribution in [3.8, 4) is 0 Å². The fraction of sp³-hybridized carbons (Fsp3) is 0.167. The van der Waals surface area contributed by atoms with Crippen LogP contribution in [0.2, 0.25) is 0 Å². The molecule has 20 heavy (non-hydrogen) atoms. The average molecular weight is 279 g/mol. The maximum absolute atomic E-state index is 4.96. The molecular formula is C18H17NS. The first-order valence-electron chi connectivity index (χ1n) is 6.82. The summed E-state index contributed by atoms with van der Waals surface area (Å²) in [5, 5.41) is 0.393. The summed E-state index contributed by atoms with van der Waals surface area (Å²) in [7, 11) is 0. The quantitative estimate of drug-likeness (QED) is 0.753. The summed E-state index contributed by atoms with van der Waals surface area (Å²) in [4.78, 5) is 6.25. The van der Waals surface area contributed by atoms with Crippen LogP contribution >= 0.6 is 11.8 Å². The Kier molecular flexibility index (Phi) is 3.75. The van der Waals surface area contributed by atoms with E-state index in [1.54, 1.807) is 0 Å². The van der Waals surface area contributed by atoms with E-state index in [2.05, 4.69) is 62.4 Å². The van der Waals surface area contributed by atoms with Crippen LogP contribution in [0.4, 0.5) is 0 Å². The van der Waals surface area contributed by atoms with Crippen LogP contribution < -0.4 is 0 Å².